The number of anilines is 1. The van der Waals surface area contributed by atoms with Crippen LogP contribution in [0.1, 0.15) is 37.6 Å². The summed E-state index contributed by atoms with van der Waals surface area (Å²) in [7, 11) is 0. The first-order chi connectivity index (χ1) is 8.16. The first kappa shape index (κ1) is 11.8. The lowest BCUT2D eigenvalue weighted by molar-refractivity contribution is -0.118. The van der Waals surface area contributed by atoms with Crippen molar-refractivity contribution in [2.45, 2.75) is 31.7 Å². The summed E-state index contributed by atoms with van der Waals surface area (Å²) >= 11 is 0. The third-order valence-corrected chi connectivity index (χ3v) is 2.81. The second-order valence-electron chi connectivity index (χ2n) is 4.26. The van der Waals surface area contributed by atoms with E-state index in [9.17, 15) is 4.79 Å². The lowest BCUT2D eigenvalue weighted by Gasteiger charge is -2.24. The Morgan fingerprint density at radius 1 is 1.41 bits per heavy atom. The first-order valence-electron chi connectivity index (χ1n) is 5.79. The Bertz CT molecular complexity index is 386. The standard InChI is InChI=1S/C10H17N5O2/c11-7(6-8(12)16)9-13-10(14-17-9)15-4-2-1-3-5-15/h7H,1-6,11H2,(H2,12,16)/t7-/m0/s1. The molecule has 0 bridgehead atoms. The number of hydrogen-bond donors (Lipinski definition) is 2. The molecule has 7 heteroatoms. The van der Waals surface area contributed by atoms with Gasteiger partial charge in [-0.2, -0.15) is 4.98 Å². The maximum Gasteiger partial charge on any atom is 0.266 e. The van der Waals surface area contributed by atoms with Crippen LogP contribution in [0.15, 0.2) is 4.52 Å². The Kier molecular flexibility index (Phi) is 3.58. The van der Waals surface area contributed by atoms with Crippen molar-refractivity contribution in [1.82, 2.24) is 10.1 Å². The topological polar surface area (TPSA) is 111 Å². The molecule has 1 aliphatic rings. The highest BCUT2D eigenvalue weighted by molar-refractivity contribution is 5.74. The van der Waals surface area contributed by atoms with Crippen molar-refractivity contribution in [3.05, 3.63) is 5.89 Å². The maximum absolute atomic E-state index is 10.7. The van der Waals surface area contributed by atoms with E-state index in [0.717, 1.165) is 25.9 Å². The fourth-order valence-corrected chi connectivity index (χ4v) is 1.90. The predicted molar refractivity (Wildman–Crippen MR) is 61.1 cm³/mol. The molecule has 94 valence electrons. The van der Waals surface area contributed by atoms with Crippen LogP contribution in [0.3, 0.4) is 0 Å². The average Bonchev–Trinajstić information content (AvgIpc) is 2.78. The normalized spacial score (nSPS) is 18.1. The Labute approximate surface area is 99.1 Å². The van der Waals surface area contributed by atoms with E-state index >= 15 is 0 Å². The summed E-state index contributed by atoms with van der Waals surface area (Å²) in [4.78, 5) is 17.0. The molecular weight excluding hydrogens is 222 g/mol. The molecule has 2 heterocycles. The largest absolute Gasteiger partial charge is 0.370 e. The summed E-state index contributed by atoms with van der Waals surface area (Å²) in [6.45, 7) is 1.87. The molecule has 0 spiro atoms. The number of carbonyl (C=O) groups excluding carboxylic acids is 1. The van der Waals surface area contributed by atoms with E-state index in [1.807, 2.05) is 0 Å². The van der Waals surface area contributed by atoms with Crippen molar-refractivity contribution in [3.8, 4) is 0 Å². The minimum atomic E-state index is -0.612. The van der Waals surface area contributed by atoms with Crippen LogP contribution >= 0.6 is 0 Å². The number of piperidine rings is 1. The van der Waals surface area contributed by atoms with Gasteiger partial charge in [-0.1, -0.05) is 0 Å². The number of carbonyl (C=O) groups is 1. The van der Waals surface area contributed by atoms with Crippen LogP contribution in [0.25, 0.3) is 0 Å². The highest BCUT2D eigenvalue weighted by atomic mass is 16.5. The maximum atomic E-state index is 10.7. The molecular formula is C10H17N5O2. The minimum absolute atomic E-state index is 0.0155. The van der Waals surface area contributed by atoms with Crippen molar-refractivity contribution >= 4 is 11.9 Å². The summed E-state index contributed by atoms with van der Waals surface area (Å²) in [5, 5.41) is 3.88. The van der Waals surface area contributed by atoms with Gasteiger partial charge in [-0.25, -0.2) is 0 Å². The number of nitrogens with zero attached hydrogens (tertiary/aromatic N) is 3. The summed E-state index contributed by atoms with van der Waals surface area (Å²) < 4.78 is 5.04. The fourth-order valence-electron chi connectivity index (χ4n) is 1.90. The fraction of sp³-hybridized carbons (Fsp3) is 0.700. The lowest BCUT2D eigenvalue weighted by Crippen LogP contribution is -2.30. The third kappa shape index (κ3) is 2.94. The second kappa shape index (κ2) is 5.13. The molecule has 4 N–H and O–H groups in total. The van der Waals surface area contributed by atoms with Crippen LogP contribution in [0.4, 0.5) is 5.95 Å². The number of rotatable bonds is 4. The van der Waals surface area contributed by atoms with E-state index in [4.69, 9.17) is 16.0 Å². The van der Waals surface area contributed by atoms with E-state index in [2.05, 4.69) is 15.0 Å². The van der Waals surface area contributed by atoms with Gasteiger partial charge in [0.05, 0.1) is 12.5 Å². The van der Waals surface area contributed by atoms with Crippen molar-refractivity contribution in [3.63, 3.8) is 0 Å². The number of amides is 1. The molecule has 0 radical (unpaired) electrons. The molecule has 17 heavy (non-hydrogen) atoms. The van der Waals surface area contributed by atoms with Gasteiger partial charge in [0, 0.05) is 13.1 Å². The second-order valence-corrected chi connectivity index (χ2v) is 4.26. The predicted octanol–water partition coefficient (Wildman–Crippen LogP) is -0.0649. The van der Waals surface area contributed by atoms with Crippen LogP contribution in [0, 0.1) is 0 Å². The quantitative estimate of drug-likeness (QED) is 0.761. The van der Waals surface area contributed by atoms with E-state index in [1.165, 1.54) is 6.42 Å². The summed E-state index contributed by atoms with van der Waals surface area (Å²) in [6.07, 6.45) is 3.53. The Morgan fingerprint density at radius 2 is 2.12 bits per heavy atom. The molecule has 0 aliphatic carbocycles. The van der Waals surface area contributed by atoms with Crippen molar-refractivity contribution < 1.29 is 9.32 Å². The molecule has 1 saturated heterocycles. The van der Waals surface area contributed by atoms with Gasteiger partial charge in [-0.3, -0.25) is 4.79 Å². The average molecular weight is 239 g/mol. The lowest BCUT2D eigenvalue weighted by atomic mass is 10.1. The zero-order valence-electron chi connectivity index (χ0n) is 9.63. The minimum Gasteiger partial charge on any atom is -0.370 e. The van der Waals surface area contributed by atoms with Gasteiger partial charge < -0.3 is 20.9 Å². The number of primary amides is 1. The Balaban J connectivity index is 2.01. The van der Waals surface area contributed by atoms with E-state index in [0.29, 0.717) is 5.95 Å². The molecule has 2 rings (SSSR count). The van der Waals surface area contributed by atoms with Crippen LogP contribution < -0.4 is 16.4 Å². The number of nitrogens with two attached hydrogens (primary N) is 2. The number of hydrogen-bond acceptors (Lipinski definition) is 6. The summed E-state index contributed by atoms with van der Waals surface area (Å²) in [6, 6.07) is -0.612. The van der Waals surface area contributed by atoms with Gasteiger partial charge in [0.2, 0.25) is 11.8 Å². The zero-order valence-corrected chi connectivity index (χ0v) is 9.63. The number of aromatic nitrogens is 2. The Hall–Kier alpha value is -1.63. The third-order valence-electron chi connectivity index (χ3n) is 2.81. The van der Waals surface area contributed by atoms with E-state index in [-0.39, 0.29) is 12.3 Å². The molecule has 0 unspecified atom stereocenters. The summed E-state index contributed by atoms with van der Waals surface area (Å²) in [5.41, 5.74) is 10.8. The van der Waals surface area contributed by atoms with Crippen molar-refractivity contribution in [2.24, 2.45) is 11.5 Å². The van der Waals surface area contributed by atoms with E-state index in [1.54, 1.807) is 0 Å². The molecule has 1 amide bonds. The highest BCUT2D eigenvalue weighted by Gasteiger charge is 2.20. The molecule has 1 aliphatic heterocycles. The van der Waals surface area contributed by atoms with Crippen molar-refractivity contribution in [1.29, 1.82) is 0 Å². The van der Waals surface area contributed by atoms with Gasteiger partial charge in [0.25, 0.3) is 5.95 Å². The molecule has 0 saturated carbocycles. The van der Waals surface area contributed by atoms with Gasteiger partial charge in [0.1, 0.15) is 0 Å². The van der Waals surface area contributed by atoms with Crippen LogP contribution in [-0.4, -0.2) is 29.1 Å². The van der Waals surface area contributed by atoms with Crippen LogP contribution in [0.5, 0.6) is 0 Å². The van der Waals surface area contributed by atoms with Gasteiger partial charge >= 0.3 is 0 Å². The van der Waals surface area contributed by atoms with Gasteiger partial charge in [-0.05, 0) is 24.4 Å². The van der Waals surface area contributed by atoms with Gasteiger partial charge in [0.15, 0.2) is 0 Å². The molecule has 1 fully saturated rings. The van der Waals surface area contributed by atoms with Crippen LogP contribution in [0.2, 0.25) is 0 Å². The highest BCUT2D eigenvalue weighted by Crippen LogP contribution is 2.19. The molecule has 1 aromatic heterocycles. The molecule has 7 nitrogen and oxygen atoms in total. The monoisotopic (exact) mass is 239 g/mol. The zero-order chi connectivity index (χ0) is 12.3. The van der Waals surface area contributed by atoms with Crippen molar-refractivity contribution in [2.75, 3.05) is 18.0 Å². The summed E-state index contributed by atoms with van der Waals surface area (Å²) in [5.74, 6) is 0.346. The van der Waals surface area contributed by atoms with Gasteiger partial charge in [-0.15, -0.1) is 0 Å². The molecule has 1 atom stereocenters. The first-order valence-corrected chi connectivity index (χ1v) is 5.79. The SMILES string of the molecule is NC(=O)C[C@H](N)c1nc(N2CCCCC2)no1. The molecule has 1 aromatic rings. The molecule has 0 aromatic carbocycles. The smallest absolute Gasteiger partial charge is 0.266 e. The van der Waals surface area contributed by atoms with E-state index < -0.39 is 11.9 Å². The Morgan fingerprint density at radius 3 is 2.76 bits per heavy atom. The van der Waals surface area contributed by atoms with Crippen LogP contribution in [-0.2, 0) is 4.79 Å².